The van der Waals surface area contributed by atoms with E-state index in [9.17, 15) is 0 Å². The lowest BCUT2D eigenvalue weighted by Crippen LogP contribution is -2.30. The largest absolute Gasteiger partial charge is 0.198 e. The van der Waals surface area contributed by atoms with Crippen LogP contribution in [0.5, 0.6) is 0 Å². The molecule has 78 valence electrons. The quantitative estimate of drug-likeness (QED) is 0.623. The molecule has 3 unspecified atom stereocenters. The molecule has 0 N–H and O–H groups in total. The van der Waals surface area contributed by atoms with Crippen LogP contribution in [0.4, 0.5) is 0 Å². The van der Waals surface area contributed by atoms with Gasteiger partial charge < -0.3 is 0 Å². The van der Waals surface area contributed by atoms with Crippen LogP contribution in [0.15, 0.2) is 0 Å². The van der Waals surface area contributed by atoms with Crippen molar-refractivity contribution in [2.75, 3.05) is 0 Å². The van der Waals surface area contributed by atoms with E-state index in [1.807, 2.05) is 0 Å². The first-order chi connectivity index (χ1) is 6.66. The standard InChI is InChI=1S/C13H21N/c1-13(2)11-7-6-10(9-11)12(13)5-3-4-8-14/h10-12H,3-7,9H2,1-2H3. The van der Waals surface area contributed by atoms with Crippen molar-refractivity contribution in [1.29, 1.82) is 5.26 Å². The molecule has 2 aliphatic rings. The van der Waals surface area contributed by atoms with E-state index in [1.165, 1.54) is 25.7 Å². The fraction of sp³-hybridized carbons (Fsp3) is 0.923. The molecule has 14 heavy (non-hydrogen) atoms. The summed E-state index contributed by atoms with van der Waals surface area (Å²) in [5.41, 5.74) is 0.568. The van der Waals surface area contributed by atoms with Gasteiger partial charge >= 0.3 is 0 Å². The highest BCUT2D eigenvalue weighted by Gasteiger charge is 2.51. The molecule has 0 aromatic carbocycles. The monoisotopic (exact) mass is 191 g/mol. The summed E-state index contributed by atoms with van der Waals surface area (Å²) in [5.74, 6) is 2.89. The molecular weight excluding hydrogens is 170 g/mol. The first kappa shape index (κ1) is 10.0. The predicted octanol–water partition coefficient (Wildman–Crippen LogP) is 3.75. The third kappa shape index (κ3) is 1.45. The van der Waals surface area contributed by atoms with E-state index in [-0.39, 0.29) is 0 Å². The summed E-state index contributed by atoms with van der Waals surface area (Å²) in [6, 6.07) is 2.26. The van der Waals surface area contributed by atoms with E-state index >= 15 is 0 Å². The van der Waals surface area contributed by atoms with Crippen molar-refractivity contribution in [2.24, 2.45) is 23.2 Å². The van der Waals surface area contributed by atoms with Crippen LogP contribution in [0.2, 0.25) is 0 Å². The number of nitriles is 1. The summed E-state index contributed by atoms with van der Waals surface area (Å²) in [5, 5.41) is 8.55. The summed E-state index contributed by atoms with van der Waals surface area (Å²) < 4.78 is 0. The molecule has 0 heterocycles. The van der Waals surface area contributed by atoms with Gasteiger partial charge in [0.1, 0.15) is 0 Å². The summed E-state index contributed by atoms with van der Waals surface area (Å²) in [6.07, 6.45) is 7.57. The van der Waals surface area contributed by atoms with Crippen LogP contribution in [0.1, 0.15) is 52.4 Å². The van der Waals surface area contributed by atoms with E-state index in [0.29, 0.717) is 5.41 Å². The number of unbranched alkanes of at least 4 members (excludes halogenated alkanes) is 1. The molecule has 0 aliphatic heterocycles. The zero-order valence-corrected chi connectivity index (χ0v) is 9.42. The van der Waals surface area contributed by atoms with Crippen molar-refractivity contribution in [3.63, 3.8) is 0 Å². The van der Waals surface area contributed by atoms with E-state index < -0.39 is 0 Å². The normalized spacial score (nSPS) is 38.5. The average molecular weight is 191 g/mol. The Bertz CT molecular complexity index is 248. The highest BCUT2D eigenvalue weighted by Crippen LogP contribution is 2.60. The number of nitrogens with zero attached hydrogens (tertiary/aromatic N) is 1. The first-order valence-electron chi connectivity index (χ1n) is 6.03. The van der Waals surface area contributed by atoms with E-state index in [1.54, 1.807) is 0 Å². The molecule has 2 aliphatic carbocycles. The van der Waals surface area contributed by atoms with Crippen molar-refractivity contribution in [3.8, 4) is 6.07 Å². The van der Waals surface area contributed by atoms with Crippen LogP contribution < -0.4 is 0 Å². The second-order valence-corrected chi connectivity index (χ2v) is 5.75. The fourth-order valence-electron chi connectivity index (χ4n) is 3.98. The van der Waals surface area contributed by atoms with E-state index in [2.05, 4.69) is 19.9 Å². The van der Waals surface area contributed by atoms with Gasteiger partial charge in [-0.15, -0.1) is 0 Å². The van der Waals surface area contributed by atoms with Gasteiger partial charge in [0, 0.05) is 6.42 Å². The molecule has 0 spiro atoms. The summed E-state index contributed by atoms with van der Waals surface area (Å²) >= 11 is 0. The Balaban J connectivity index is 1.95. The summed E-state index contributed by atoms with van der Waals surface area (Å²) in [4.78, 5) is 0. The van der Waals surface area contributed by atoms with Crippen molar-refractivity contribution in [3.05, 3.63) is 0 Å². The van der Waals surface area contributed by atoms with Gasteiger partial charge in [0.15, 0.2) is 0 Å². The van der Waals surface area contributed by atoms with Gasteiger partial charge in [-0.2, -0.15) is 5.26 Å². The number of hydrogen-bond acceptors (Lipinski definition) is 1. The predicted molar refractivity (Wildman–Crippen MR) is 57.6 cm³/mol. The minimum absolute atomic E-state index is 0.568. The van der Waals surface area contributed by atoms with Crippen molar-refractivity contribution in [2.45, 2.75) is 52.4 Å². The highest BCUT2D eigenvalue weighted by atomic mass is 14.6. The minimum atomic E-state index is 0.568. The molecule has 1 nitrogen and oxygen atoms in total. The lowest BCUT2D eigenvalue weighted by atomic mass is 9.67. The average Bonchev–Trinajstić information content (AvgIpc) is 2.67. The zero-order valence-electron chi connectivity index (χ0n) is 9.42. The van der Waals surface area contributed by atoms with Gasteiger partial charge in [0.25, 0.3) is 0 Å². The van der Waals surface area contributed by atoms with Crippen molar-refractivity contribution < 1.29 is 0 Å². The third-order valence-electron chi connectivity index (χ3n) is 4.85. The Hall–Kier alpha value is -0.510. The molecule has 1 heteroatoms. The minimum Gasteiger partial charge on any atom is -0.198 e. The lowest BCUT2D eigenvalue weighted by Gasteiger charge is -2.38. The SMILES string of the molecule is CC1(C)C2CCC(C2)C1CCCC#N. The van der Waals surface area contributed by atoms with E-state index in [0.717, 1.165) is 30.6 Å². The first-order valence-corrected chi connectivity index (χ1v) is 6.03. The second-order valence-electron chi connectivity index (χ2n) is 5.75. The van der Waals surface area contributed by atoms with Crippen LogP contribution in [0.3, 0.4) is 0 Å². The van der Waals surface area contributed by atoms with Crippen LogP contribution in [-0.2, 0) is 0 Å². The second kappa shape index (κ2) is 3.57. The van der Waals surface area contributed by atoms with Gasteiger partial charge in [-0.05, 0) is 55.3 Å². The maximum absolute atomic E-state index is 8.55. The van der Waals surface area contributed by atoms with Gasteiger partial charge in [-0.3, -0.25) is 0 Å². The number of fused-ring (bicyclic) bond motifs is 2. The van der Waals surface area contributed by atoms with Gasteiger partial charge in [-0.25, -0.2) is 0 Å². The molecule has 0 radical (unpaired) electrons. The van der Waals surface area contributed by atoms with Crippen LogP contribution in [0, 0.1) is 34.5 Å². The van der Waals surface area contributed by atoms with E-state index in [4.69, 9.17) is 5.26 Å². The molecule has 2 fully saturated rings. The molecule has 3 atom stereocenters. The summed E-state index contributed by atoms with van der Waals surface area (Å²) in [7, 11) is 0. The van der Waals surface area contributed by atoms with Crippen LogP contribution in [0.25, 0.3) is 0 Å². The Kier molecular flexibility index (Phi) is 2.56. The lowest BCUT2D eigenvalue weighted by molar-refractivity contribution is 0.113. The molecule has 0 amide bonds. The van der Waals surface area contributed by atoms with Gasteiger partial charge in [0.2, 0.25) is 0 Å². The zero-order chi connectivity index (χ0) is 10.2. The van der Waals surface area contributed by atoms with Crippen molar-refractivity contribution >= 4 is 0 Å². The van der Waals surface area contributed by atoms with Crippen LogP contribution >= 0.6 is 0 Å². The Morgan fingerprint density at radius 3 is 2.71 bits per heavy atom. The number of rotatable bonds is 3. The molecular formula is C13H21N. The van der Waals surface area contributed by atoms with Crippen LogP contribution in [-0.4, -0.2) is 0 Å². The molecule has 2 rings (SSSR count). The Labute approximate surface area is 87.5 Å². The maximum atomic E-state index is 8.55. The molecule has 0 aromatic heterocycles. The van der Waals surface area contributed by atoms with Gasteiger partial charge in [0.05, 0.1) is 6.07 Å². The topological polar surface area (TPSA) is 23.8 Å². The molecule has 2 bridgehead atoms. The Morgan fingerprint density at radius 2 is 2.14 bits per heavy atom. The maximum Gasteiger partial charge on any atom is 0.0621 e. The molecule has 0 aromatic rings. The molecule has 0 saturated heterocycles. The fourth-order valence-corrected chi connectivity index (χ4v) is 3.98. The van der Waals surface area contributed by atoms with Gasteiger partial charge in [-0.1, -0.05) is 13.8 Å². The third-order valence-corrected chi connectivity index (χ3v) is 4.85. The Morgan fingerprint density at radius 1 is 1.36 bits per heavy atom. The smallest absolute Gasteiger partial charge is 0.0621 e. The molecule has 2 saturated carbocycles. The van der Waals surface area contributed by atoms with Crippen molar-refractivity contribution in [1.82, 2.24) is 0 Å². The summed E-state index contributed by atoms with van der Waals surface area (Å²) in [6.45, 7) is 4.90. The highest BCUT2D eigenvalue weighted by molar-refractivity contribution is 5.01. The number of hydrogen-bond donors (Lipinski definition) is 0.